The summed E-state index contributed by atoms with van der Waals surface area (Å²) in [4.78, 5) is 61.6. The summed E-state index contributed by atoms with van der Waals surface area (Å²) in [7, 11) is 2.99. The Kier molecular flexibility index (Phi) is 11.1. The van der Waals surface area contributed by atoms with Gasteiger partial charge in [0.05, 0.1) is 7.11 Å². The molecular weight excluding hydrogens is 564 g/mol. The Morgan fingerprint density at radius 1 is 0.927 bits per heavy atom. The molecule has 6 atom stereocenters. The van der Waals surface area contributed by atoms with Crippen molar-refractivity contribution in [2.75, 3.05) is 33.1 Å². The van der Waals surface area contributed by atoms with Gasteiger partial charge in [-0.1, -0.05) is 6.07 Å². The predicted molar refractivity (Wildman–Crippen MR) is 142 cm³/mol. The van der Waals surface area contributed by atoms with E-state index in [1.54, 1.807) is 41.9 Å². The molecule has 1 aromatic rings. The largest absolute Gasteiger partial charge is 0.493 e. The van der Waals surface area contributed by atoms with Gasteiger partial charge in [-0.3, -0.25) is 19.2 Å². The maximum Gasteiger partial charge on any atom is 0.318 e. The minimum Gasteiger partial charge on any atom is -0.493 e. The molecule has 226 valence electrons. The Morgan fingerprint density at radius 2 is 1.56 bits per heavy atom. The molecule has 2 heterocycles. The van der Waals surface area contributed by atoms with E-state index in [0.717, 1.165) is 32.1 Å². The van der Waals surface area contributed by atoms with Gasteiger partial charge >= 0.3 is 29.9 Å². The normalized spacial score (nSPS) is 25.5. The predicted octanol–water partition coefficient (Wildman–Crippen LogP) is 1.54. The van der Waals surface area contributed by atoms with E-state index >= 15 is 0 Å². The van der Waals surface area contributed by atoms with Gasteiger partial charge in [0, 0.05) is 47.0 Å². The van der Waals surface area contributed by atoms with Crippen molar-refractivity contribution in [3.8, 4) is 11.5 Å². The average Bonchev–Trinajstić information content (AvgIpc) is 3.40. The third-order valence-electron chi connectivity index (χ3n) is 6.03. The number of amides is 2. The lowest BCUT2D eigenvalue weighted by Gasteiger charge is -2.44. The molecule has 2 amide bonds. The fourth-order valence-electron chi connectivity index (χ4n) is 4.44. The molecule has 0 bridgehead atoms. The SMILES string of the molecule is CNC(=O)N1CCSC1c1ccc(OC2OC(COC(C)=O)C(OC(C)=O)C(OC(C)=O)C2OC(C)=O)c(OC)c1. The first-order valence-corrected chi connectivity index (χ1v) is 13.7. The summed E-state index contributed by atoms with van der Waals surface area (Å²) in [6.07, 6.45) is -6.66. The molecule has 1 aromatic carbocycles. The highest BCUT2D eigenvalue weighted by molar-refractivity contribution is 7.99. The summed E-state index contributed by atoms with van der Waals surface area (Å²) in [5.74, 6) is -1.67. The fourth-order valence-corrected chi connectivity index (χ4v) is 5.69. The van der Waals surface area contributed by atoms with Gasteiger partial charge in [-0.05, 0) is 17.7 Å². The molecule has 2 aliphatic rings. The topological polar surface area (TPSA) is 165 Å². The van der Waals surface area contributed by atoms with Crippen molar-refractivity contribution >= 4 is 41.7 Å². The van der Waals surface area contributed by atoms with E-state index in [9.17, 15) is 24.0 Å². The third-order valence-corrected chi connectivity index (χ3v) is 7.29. The summed E-state index contributed by atoms with van der Waals surface area (Å²) in [5, 5.41) is 2.38. The monoisotopic (exact) mass is 598 g/mol. The van der Waals surface area contributed by atoms with E-state index in [4.69, 9.17) is 33.2 Å². The Bertz CT molecular complexity index is 1150. The molecule has 3 rings (SSSR count). The molecule has 0 aliphatic carbocycles. The van der Waals surface area contributed by atoms with E-state index in [1.807, 2.05) is 0 Å². The van der Waals surface area contributed by atoms with Gasteiger partial charge in [0.2, 0.25) is 12.4 Å². The van der Waals surface area contributed by atoms with Crippen molar-refractivity contribution < 1.29 is 57.1 Å². The van der Waals surface area contributed by atoms with Crippen LogP contribution in [0.15, 0.2) is 18.2 Å². The van der Waals surface area contributed by atoms with Gasteiger partial charge in [0.15, 0.2) is 23.7 Å². The first-order valence-electron chi connectivity index (χ1n) is 12.7. The van der Waals surface area contributed by atoms with E-state index in [0.29, 0.717) is 6.54 Å². The zero-order valence-corrected chi connectivity index (χ0v) is 24.4. The van der Waals surface area contributed by atoms with E-state index in [-0.39, 0.29) is 29.5 Å². The molecule has 15 heteroatoms. The average molecular weight is 599 g/mol. The Hall–Kier alpha value is -3.72. The number of benzene rings is 1. The van der Waals surface area contributed by atoms with Crippen LogP contribution in [0, 0.1) is 0 Å². The number of thioether (sulfide) groups is 1. The highest BCUT2D eigenvalue weighted by Crippen LogP contribution is 2.42. The second kappa shape index (κ2) is 14.3. The summed E-state index contributed by atoms with van der Waals surface area (Å²) in [6.45, 7) is 4.77. The molecule has 0 radical (unpaired) electrons. The summed E-state index contributed by atoms with van der Waals surface area (Å²) >= 11 is 1.59. The third kappa shape index (κ3) is 8.16. The van der Waals surface area contributed by atoms with Crippen LogP contribution in [0.25, 0.3) is 0 Å². The quantitative estimate of drug-likeness (QED) is 0.322. The Labute approximate surface area is 241 Å². The van der Waals surface area contributed by atoms with Crippen LogP contribution in [0.4, 0.5) is 4.79 Å². The van der Waals surface area contributed by atoms with E-state index < -0.39 is 54.6 Å². The Balaban J connectivity index is 1.98. The first kappa shape index (κ1) is 31.8. The van der Waals surface area contributed by atoms with Crippen LogP contribution in [0.3, 0.4) is 0 Å². The number of urea groups is 1. The fraction of sp³-hybridized carbons (Fsp3) is 0.577. The first-order chi connectivity index (χ1) is 19.4. The smallest absolute Gasteiger partial charge is 0.318 e. The molecule has 2 saturated heterocycles. The summed E-state index contributed by atoms with van der Waals surface area (Å²) < 4.78 is 39.0. The molecule has 0 spiro atoms. The number of ether oxygens (including phenoxy) is 7. The minimum atomic E-state index is -1.42. The van der Waals surface area contributed by atoms with Gasteiger partial charge < -0.3 is 43.4 Å². The maximum absolute atomic E-state index is 12.3. The number of methoxy groups -OCH3 is 1. The van der Waals surface area contributed by atoms with Crippen molar-refractivity contribution in [1.29, 1.82) is 0 Å². The molecule has 2 fully saturated rings. The van der Waals surface area contributed by atoms with Crippen molar-refractivity contribution in [3.05, 3.63) is 23.8 Å². The molecular formula is C26H34N2O12S. The molecule has 1 N–H and O–H groups in total. The van der Waals surface area contributed by atoms with Crippen LogP contribution in [0.1, 0.15) is 38.6 Å². The number of esters is 4. The molecule has 41 heavy (non-hydrogen) atoms. The number of carbonyl (C=O) groups excluding carboxylic acids is 5. The highest BCUT2D eigenvalue weighted by atomic mass is 32.2. The molecule has 0 aromatic heterocycles. The number of rotatable bonds is 9. The number of nitrogens with one attached hydrogen (secondary N) is 1. The van der Waals surface area contributed by atoms with Gasteiger partial charge in [-0.15, -0.1) is 11.8 Å². The number of nitrogens with zero attached hydrogens (tertiary/aromatic N) is 1. The van der Waals surface area contributed by atoms with Crippen LogP contribution < -0.4 is 14.8 Å². The Morgan fingerprint density at radius 3 is 2.15 bits per heavy atom. The second-order valence-corrected chi connectivity index (χ2v) is 10.3. The van der Waals surface area contributed by atoms with E-state index in [2.05, 4.69) is 5.32 Å². The van der Waals surface area contributed by atoms with Crippen LogP contribution in [0.5, 0.6) is 11.5 Å². The van der Waals surface area contributed by atoms with Crippen molar-refractivity contribution in [1.82, 2.24) is 10.2 Å². The zero-order valence-electron chi connectivity index (χ0n) is 23.6. The molecule has 0 saturated carbocycles. The van der Waals surface area contributed by atoms with Gasteiger partial charge in [-0.25, -0.2) is 4.79 Å². The standard InChI is InChI=1S/C26H34N2O12S/c1-13(29)35-12-20-21(36-14(2)30)22(37-15(3)31)23(38-16(4)32)25(40-20)39-18-8-7-17(11-19(18)34-6)24-28(9-10-41-24)26(33)27-5/h7-8,11,20-25H,9-10,12H2,1-6H3,(H,27,33). The van der Waals surface area contributed by atoms with Crippen LogP contribution >= 0.6 is 11.8 Å². The van der Waals surface area contributed by atoms with Gasteiger partial charge in [0.25, 0.3) is 0 Å². The van der Waals surface area contributed by atoms with Gasteiger partial charge in [-0.2, -0.15) is 0 Å². The van der Waals surface area contributed by atoms with Crippen LogP contribution in [0.2, 0.25) is 0 Å². The second-order valence-electron chi connectivity index (χ2n) is 9.07. The zero-order chi connectivity index (χ0) is 30.3. The molecule has 14 nitrogen and oxygen atoms in total. The highest BCUT2D eigenvalue weighted by Gasteiger charge is 2.53. The summed E-state index contributed by atoms with van der Waals surface area (Å²) in [6, 6.07) is 4.85. The van der Waals surface area contributed by atoms with Crippen molar-refractivity contribution in [2.45, 2.75) is 63.8 Å². The number of hydrogen-bond donors (Lipinski definition) is 1. The lowest BCUT2D eigenvalue weighted by Crippen LogP contribution is -2.63. The summed E-state index contributed by atoms with van der Waals surface area (Å²) in [5.41, 5.74) is 0.779. The van der Waals surface area contributed by atoms with Crippen molar-refractivity contribution in [2.24, 2.45) is 0 Å². The number of carbonyl (C=O) groups is 5. The minimum absolute atomic E-state index is 0.173. The lowest BCUT2D eigenvalue weighted by atomic mass is 9.98. The maximum atomic E-state index is 12.3. The van der Waals surface area contributed by atoms with Crippen molar-refractivity contribution in [3.63, 3.8) is 0 Å². The van der Waals surface area contributed by atoms with Crippen LogP contribution in [-0.2, 0) is 42.9 Å². The molecule has 2 aliphatic heterocycles. The van der Waals surface area contributed by atoms with E-state index in [1.165, 1.54) is 14.0 Å². The lowest BCUT2D eigenvalue weighted by molar-refractivity contribution is -0.288. The number of hydrogen-bond acceptors (Lipinski definition) is 13. The van der Waals surface area contributed by atoms with Gasteiger partial charge in [0.1, 0.15) is 18.1 Å². The molecule has 6 unspecified atom stereocenters. The van der Waals surface area contributed by atoms with Crippen LogP contribution in [-0.4, -0.2) is 98.6 Å².